The van der Waals surface area contributed by atoms with Gasteiger partial charge in [-0.3, -0.25) is 24.6 Å². The fraction of sp³-hybridized carbons (Fsp3) is 0.235. The van der Waals surface area contributed by atoms with Crippen LogP contribution in [0.25, 0.3) is 0 Å². The monoisotopic (exact) mass is 354 g/mol. The van der Waals surface area contributed by atoms with Gasteiger partial charge in [0.2, 0.25) is 5.13 Å². The van der Waals surface area contributed by atoms with Crippen molar-refractivity contribution >= 4 is 34.2 Å². The van der Waals surface area contributed by atoms with Gasteiger partial charge in [-0.15, -0.1) is 16.8 Å². The highest BCUT2D eigenvalue weighted by molar-refractivity contribution is 7.15. The van der Waals surface area contributed by atoms with Crippen molar-refractivity contribution in [3.05, 3.63) is 52.6 Å². The molecular formula is C17H14N4O3S. The number of carbonyl (C=O) groups excluding carboxylic acids is 3. The summed E-state index contributed by atoms with van der Waals surface area (Å²) in [6, 6.07) is 4.47. The molecule has 2 aromatic rings. The number of anilines is 1. The van der Waals surface area contributed by atoms with Crippen molar-refractivity contribution in [2.24, 2.45) is 0 Å². The standard InChI is InChI=1S/C17H14N4O3S/c1-2-7-21-15(23)11-6-5-10(8-12(11)16(21)24)13(22)18-17-20-19-14(25-17)9-3-4-9/h2,5-6,8-9H,1,3-4,7H2,(H,18,20,22). The van der Waals surface area contributed by atoms with Gasteiger partial charge < -0.3 is 0 Å². The van der Waals surface area contributed by atoms with E-state index in [0.29, 0.717) is 22.2 Å². The summed E-state index contributed by atoms with van der Waals surface area (Å²) in [5.41, 5.74) is 0.828. The first-order valence-electron chi connectivity index (χ1n) is 7.84. The van der Waals surface area contributed by atoms with Gasteiger partial charge >= 0.3 is 0 Å². The number of rotatable bonds is 5. The Kier molecular flexibility index (Phi) is 3.69. The molecule has 0 saturated heterocycles. The predicted octanol–water partition coefficient (Wildman–Crippen LogP) is 2.45. The summed E-state index contributed by atoms with van der Waals surface area (Å²) in [5, 5.41) is 12.1. The molecule has 1 saturated carbocycles. The van der Waals surface area contributed by atoms with Crippen LogP contribution in [0.3, 0.4) is 0 Å². The number of amides is 3. The van der Waals surface area contributed by atoms with E-state index in [1.54, 1.807) is 0 Å². The summed E-state index contributed by atoms with van der Waals surface area (Å²) in [6.07, 6.45) is 3.72. The molecule has 0 radical (unpaired) electrons. The Hall–Kier alpha value is -2.87. The van der Waals surface area contributed by atoms with Crippen LogP contribution in [0.4, 0.5) is 5.13 Å². The highest BCUT2D eigenvalue weighted by Crippen LogP contribution is 2.42. The summed E-state index contributed by atoms with van der Waals surface area (Å²) in [6.45, 7) is 3.69. The average molecular weight is 354 g/mol. The third-order valence-electron chi connectivity index (χ3n) is 4.13. The van der Waals surface area contributed by atoms with Crippen molar-refractivity contribution in [1.29, 1.82) is 0 Å². The maximum Gasteiger partial charge on any atom is 0.261 e. The van der Waals surface area contributed by atoms with Gasteiger partial charge in [-0.25, -0.2) is 0 Å². The Morgan fingerprint density at radius 3 is 2.76 bits per heavy atom. The third kappa shape index (κ3) is 2.74. The van der Waals surface area contributed by atoms with Crippen LogP contribution in [0, 0.1) is 0 Å². The second-order valence-corrected chi connectivity index (χ2v) is 6.95. The van der Waals surface area contributed by atoms with Gasteiger partial charge in [-0.2, -0.15) is 0 Å². The molecule has 126 valence electrons. The lowest BCUT2D eigenvalue weighted by atomic mass is 10.1. The topological polar surface area (TPSA) is 92.3 Å². The lowest BCUT2D eigenvalue weighted by Crippen LogP contribution is -2.29. The number of benzene rings is 1. The number of carbonyl (C=O) groups is 3. The zero-order valence-electron chi connectivity index (χ0n) is 13.2. The molecule has 2 aliphatic rings. The van der Waals surface area contributed by atoms with Crippen LogP contribution in [-0.2, 0) is 0 Å². The maximum atomic E-state index is 12.4. The normalized spacial score (nSPS) is 16.1. The fourth-order valence-corrected chi connectivity index (χ4v) is 3.58. The molecule has 1 aliphatic carbocycles. The van der Waals surface area contributed by atoms with Crippen molar-refractivity contribution in [1.82, 2.24) is 15.1 Å². The van der Waals surface area contributed by atoms with Gasteiger partial charge in [0, 0.05) is 18.0 Å². The van der Waals surface area contributed by atoms with Crippen molar-refractivity contribution in [3.8, 4) is 0 Å². The lowest BCUT2D eigenvalue weighted by molar-refractivity contribution is 0.0672. The Labute approximate surface area is 147 Å². The molecule has 0 bridgehead atoms. The van der Waals surface area contributed by atoms with E-state index in [2.05, 4.69) is 22.1 Å². The number of nitrogens with one attached hydrogen (secondary N) is 1. The largest absolute Gasteiger partial charge is 0.296 e. The number of hydrogen-bond acceptors (Lipinski definition) is 6. The molecule has 3 amide bonds. The van der Waals surface area contributed by atoms with Crippen LogP contribution in [0.5, 0.6) is 0 Å². The van der Waals surface area contributed by atoms with E-state index < -0.39 is 5.91 Å². The van der Waals surface area contributed by atoms with E-state index in [-0.39, 0.29) is 23.9 Å². The molecule has 0 spiro atoms. The summed E-state index contributed by atoms with van der Waals surface area (Å²) >= 11 is 1.37. The molecule has 7 nitrogen and oxygen atoms in total. The van der Waals surface area contributed by atoms with Crippen LogP contribution < -0.4 is 5.32 Å². The molecular weight excluding hydrogens is 340 g/mol. The highest BCUT2D eigenvalue weighted by atomic mass is 32.1. The van der Waals surface area contributed by atoms with Gasteiger partial charge in [0.05, 0.1) is 11.1 Å². The second kappa shape index (κ2) is 5.89. The fourth-order valence-electron chi connectivity index (χ4n) is 2.68. The van der Waals surface area contributed by atoms with Crippen molar-refractivity contribution in [2.45, 2.75) is 18.8 Å². The Morgan fingerprint density at radius 1 is 1.28 bits per heavy atom. The number of imide groups is 1. The molecule has 0 unspecified atom stereocenters. The summed E-state index contributed by atoms with van der Waals surface area (Å²) in [4.78, 5) is 38.0. The summed E-state index contributed by atoms with van der Waals surface area (Å²) < 4.78 is 0. The first-order valence-corrected chi connectivity index (χ1v) is 8.66. The zero-order valence-corrected chi connectivity index (χ0v) is 14.0. The van der Waals surface area contributed by atoms with Crippen LogP contribution in [0.1, 0.15) is 54.8 Å². The summed E-state index contributed by atoms with van der Waals surface area (Å²) in [7, 11) is 0. The molecule has 4 rings (SSSR count). The molecule has 1 aliphatic heterocycles. The Morgan fingerprint density at radius 2 is 2.04 bits per heavy atom. The molecule has 25 heavy (non-hydrogen) atoms. The Bertz CT molecular complexity index is 916. The number of hydrogen-bond donors (Lipinski definition) is 1. The van der Waals surface area contributed by atoms with Gasteiger partial charge in [0.1, 0.15) is 5.01 Å². The minimum absolute atomic E-state index is 0.141. The number of fused-ring (bicyclic) bond motifs is 1. The minimum atomic E-state index is -0.415. The van der Waals surface area contributed by atoms with Crippen molar-refractivity contribution < 1.29 is 14.4 Å². The first-order chi connectivity index (χ1) is 12.1. The van der Waals surface area contributed by atoms with Crippen LogP contribution in [0.2, 0.25) is 0 Å². The van der Waals surface area contributed by atoms with E-state index in [1.807, 2.05) is 0 Å². The minimum Gasteiger partial charge on any atom is -0.296 e. The number of aromatic nitrogens is 2. The SMILES string of the molecule is C=CCN1C(=O)c2ccc(C(=O)Nc3nnc(C4CC4)s3)cc2C1=O. The quantitative estimate of drug-likeness (QED) is 0.658. The van der Waals surface area contributed by atoms with Gasteiger partial charge in [-0.05, 0) is 31.0 Å². The molecule has 8 heteroatoms. The van der Waals surface area contributed by atoms with E-state index in [0.717, 1.165) is 22.7 Å². The molecule has 0 atom stereocenters. The van der Waals surface area contributed by atoms with Crippen LogP contribution >= 0.6 is 11.3 Å². The van der Waals surface area contributed by atoms with Crippen molar-refractivity contribution in [2.75, 3.05) is 11.9 Å². The highest BCUT2D eigenvalue weighted by Gasteiger charge is 2.35. The molecule has 1 fully saturated rings. The van der Waals surface area contributed by atoms with Gasteiger partial charge in [0.15, 0.2) is 0 Å². The van der Waals surface area contributed by atoms with E-state index in [9.17, 15) is 14.4 Å². The summed E-state index contributed by atoms with van der Waals surface area (Å²) in [5.74, 6) is -0.696. The van der Waals surface area contributed by atoms with Crippen molar-refractivity contribution in [3.63, 3.8) is 0 Å². The second-order valence-electron chi connectivity index (χ2n) is 5.94. The van der Waals surface area contributed by atoms with Crippen LogP contribution in [0.15, 0.2) is 30.9 Å². The van der Waals surface area contributed by atoms with Crippen LogP contribution in [-0.4, -0.2) is 39.4 Å². The Balaban J connectivity index is 1.55. The zero-order chi connectivity index (χ0) is 17.6. The first kappa shape index (κ1) is 15.6. The third-order valence-corrected chi connectivity index (χ3v) is 5.13. The lowest BCUT2D eigenvalue weighted by Gasteiger charge is -2.09. The predicted molar refractivity (Wildman–Crippen MR) is 91.8 cm³/mol. The maximum absolute atomic E-state index is 12.4. The molecule has 1 N–H and O–H groups in total. The van der Waals surface area contributed by atoms with E-state index in [1.165, 1.54) is 35.6 Å². The smallest absolute Gasteiger partial charge is 0.261 e. The van der Waals surface area contributed by atoms with Gasteiger partial charge in [-0.1, -0.05) is 17.4 Å². The molecule has 1 aromatic carbocycles. The van der Waals surface area contributed by atoms with Gasteiger partial charge in [0.25, 0.3) is 17.7 Å². The molecule has 1 aromatic heterocycles. The van der Waals surface area contributed by atoms with E-state index >= 15 is 0 Å². The van der Waals surface area contributed by atoms with E-state index in [4.69, 9.17) is 0 Å². The average Bonchev–Trinajstić information content (AvgIpc) is 3.32. The molecule has 2 heterocycles. The number of nitrogens with zero attached hydrogens (tertiary/aromatic N) is 3.